The van der Waals surface area contributed by atoms with Crippen LogP contribution in [0.2, 0.25) is 0 Å². The van der Waals surface area contributed by atoms with Crippen molar-refractivity contribution in [2.45, 2.75) is 57.1 Å². The van der Waals surface area contributed by atoms with Gasteiger partial charge in [-0.2, -0.15) is 5.10 Å². The number of H-pyrrole nitrogens is 1. The maximum atomic E-state index is 11.3. The van der Waals surface area contributed by atoms with Crippen LogP contribution < -0.4 is 10.6 Å². The highest BCUT2D eigenvalue weighted by Gasteiger charge is 2.51. The number of fused-ring (bicyclic) bond motifs is 2. The number of hydrogen-bond donors (Lipinski definition) is 4. The molecule has 5 heteroatoms. The lowest BCUT2D eigenvalue weighted by Gasteiger charge is -2.39. The molecule has 1 aromatic heterocycles. The van der Waals surface area contributed by atoms with E-state index < -0.39 is 0 Å². The van der Waals surface area contributed by atoms with Crippen molar-refractivity contribution in [2.24, 2.45) is 0 Å². The number of nitrogens with zero attached hydrogens (tertiary/aromatic N) is 1. The van der Waals surface area contributed by atoms with Gasteiger partial charge < -0.3 is 15.7 Å². The van der Waals surface area contributed by atoms with Crippen LogP contribution >= 0.6 is 0 Å². The summed E-state index contributed by atoms with van der Waals surface area (Å²) in [4.78, 5) is 0. The minimum Gasteiger partial charge on any atom is -0.390 e. The lowest BCUT2D eigenvalue weighted by molar-refractivity contribution is 0.0444. The molecule has 1 saturated heterocycles. The fourth-order valence-electron chi connectivity index (χ4n) is 4.99. The zero-order valence-electron chi connectivity index (χ0n) is 15.8. The van der Waals surface area contributed by atoms with E-state index in [4.69, 9.17) is 0 Å². The van der Waals surface area contributed by atoms with E-state index >= 15 is 0 Å². The van der Waals surface area contributed by atoms with Gasteiger partial charge in [0.05, 0.1) is 17.8 Å². The standard InChI is InChI=1S/C21H30N4O/c1-14-16(15(2)25-24-14)7-5-11-23-19-17-6-3-4-8-18(17)21(20(19)26)9-12-22-13-10-21/h3-4,6,8,19-20,22-23,26H,5,7,9-13H2,1-2H3,(H,24,25)/t19-,20+/m1/s1. The highest BCUT2D eigenvalue weighted by atomic mass is 16.3. The molecule has 1 aliphatic heterocycles. The molecule has 0 radical (unpaired) electrons. The summed E-state index contributed by atoms with van der Waals surface area (Å²) in [5.41, 5.74) is 6.15. The lowest BCUT2D eigenvalue weighted by Crippen LogP contribution is -2.48. The van der Waals surface area contributed by atoms with Crippen LogP contribution in [0.15, 0.2) is 24.3 Å². The van der Waals surface area contributed by atoms with Crippen molar-refractivity contribution in [2.75, 3.05) is 19.6 Å². The van der Waals surface area contributed by atoms with Crippen LogP contribution in [0.3, 0.4) is 0 Å². The summed E-state index contributed by atoms with van der Waals surface area (Å²) in [6.45, 7) is 7.01. The molecule has 2 aromatic rings. The van der Waals surface area contributed by atoms with Crippen LogP contribution in [0, 0.1) is 13.8 Å². The number of aliphatic hydroxyl groups excluding tert-OH is 1. The first kappa shape index (κ1) is 17.7. The Morgan fingerprint density at radius 1 is 1.23 bits per heavy atom. The van der Waals surface area contributed by atoms with E-state index in [0.717, 1.165) is 51.0 Å². The summed E-state index contributed by atoms with van der Waals surface area (Å²) >= 11 is 0. The van der Waals surface area contributed by atoms with Crippen LogP contribution in [-0.4, -0.2) is 41.0 Å². The minimum absolute atomic E-state index is 0.0378. The van der Waals surface area contributed by atoms with Crippen molar-refractivity contribution in [1.29, 1.82) is 0 Å². The van der Waals surface area contributed by atoms with Gasteiger partial charge in [-0.1, -0.05) is 24.3 Å². The Bertz CT molecular complexity index is 744. The summed E-state index contributed by atoms with van der Waals surface area (Å²) < 4.78 is 0. The van der Waals surface area contributed by atoms with E-state index in [-0.39, 0.29) is 17.6 Å². The third kappa shape index (κ3) is 2.88. The molecule has 0 bridgehead atoms. The number of aliphatic hydroxyl groups is 1. The zero-order chi connectivity index (χ0) is 18.1. The molecule has 0 amide bonds. The third-order valence-electron chi connectivity index (χ3n) is 6.46. The minimum atomic E-state index is -0.348. The molecule has 5 nitrogen and oxygen atoms in total. The summed E-state index contributed by atoms with van der Waals surface area (Å²) in [6, 6.07) is 8.66. The van der Waals surface area contributed by atoms with Gasteiger partial charge >= 0.3 is 0 Å². The Morgan fingerprint density at radius 2 is 2.00 bits per heavy atom. The smallest absolute Gasteiger partial charge is 0.0832 e. The molecule has 26 heavy (non-hydrogen) atoms. The van der Waals surface area contributed by atoms with Gasteiger partial charge in [-0.05, 0) is 75.9 Å². The van der Waals surface area contributed by atoms with Crippen LogP contribution in [-0.2, 0) is 11.8 Å². The molecule has 0 unspecified atom stereocenters. The summed E-state index contributed by atoms with van der Waals surface area (Å²) in [5, 5.41) is 25.7. The molecule has 1 aromatic carbocycles. The molecule has 4 N–H and O–H groups in total. The Balaban J connectivity index is 1.45. The lowest BCUT2D eigenvalue weighted by atomic mass is 9.72. The van der Waals surface area contributed by atoms with Crippen LogP contribution in [0.1, 0.15) is 53.4 Å². The topological polar surface area (TPSA) is 73.0 Å². The predicted octanol–water partition coefficient (Wildman–Crippen LogP) is 2.29. The van der Waals surface area contributed by atoms with Gasteiger partial charge in [0.1, 0.15) is 0 Å². The fraction of sp³-hybridized carbons (Fsp3) is 0.571. The number of aryl methyl sites for hydroxylation is 2. The highest BCUT2D eigenvalue weighted by molar-refractivity contribution is 5.45. The van der Waals surface area contributed by atoms with Crippen LogP contribution in [0.4, 0.5) is 0 Å². The number of aromatic nitrogens is 2. The number of nitrogens with one attached hydrogen (secondary N) is 3. The molecular formula is C21H30N4O. The number of benzene rings is 1. The summed E-state index contributed by atoms with van der Waals surface area (Å²) in [7, 11) is 0. The van der Waals surface area contributed by atoms with E-state index in [1.165, 1.54) is 22.4 Å². The van der Waals surface area contributed by atoms with Gasteiger partial charge in [0.2, 0.25) is 0 Å². The maximum absolute atomic E-state index is 11.3. The van der Waals surface area contributed by atoms with E-state index in [1.54, 1.807) is 0 Å². The summed E-state index contributed by atoms with van der Waals surface area (Å²) in [6.07, 6.45) is 3.73. The van der Waals surface area contributed by atoms with Gasteiger partial charge in [-0.15, -0.1) is 0 Å². The normalized spacial score (nSPS) is 24.1. The average molecular weight is 354 g/mol. The van der Waals surface area contributed by atoms with Crippen molar-refractivity contribution in [3.63, 3.8) is 0 Å². The molecule has 1 spiro atoms. The van der Waals surface area contributed by atoms with Crippen molar-refractivity contribution in [1.82, 2.24) is 20.8 Å². The number of piperidine rings is 1. The molecule has 2 heterocycles. The van der Waals surface area contributed by atoms with E-state index in [2.05, 4.69) is 58.9 Å². The predicted molar refractivity (Wildman–Crippen MR) is 103 cm³/mol. The average Bonchev–Trinajstić information content (AvgIpc) is 3.10. The van der Waals surface area contributed by atoms with Gasteiger partial charge in [0.25, 0.3) is 0 Å². The Kier molecular flexibility index (Phi) is 4.86. The first-order valence-electron chi connectivity index (χ1n) is 9.85. The number of aromatic amines is 1. The molecular weight excluding hydrogens is 324 g/mol. The molecule has 1 fully saturated rings. The van der Waals surface area contributed by atoms with Crippen LogP contribution in [0.5, 0.6) is 0 Å². The Morgan fingerprint density at radius 3 is 2.73 bits per heavy atom. The fourth-order valence-corrected chi connectivity index (χ4v) is 4.99. The maximum Gasteiger partial charge on any atom is 0.0832 e. The van der Waals surface area contributed by atoms with Crippen molar-refractivity contribution < 1.29 is 5.11 Å². The van der Waals surface area contributed by atoms with E-state index in [9.17, 15) is 5.11 Å². The van der Waals surface area contributed by atoms with Crippen molar-refractivity contribution in [3.05, 3.63) is 52.3 Å². The Hall–Kier alpha value is -1.69. The van der Waals surface area contributed by atoms with Gasteiger partial charge in [-0.3, -0.25) is 5.10 Å². The summed E-state index contributed by atoms with van der Waals surface area (Å²) in [5.74, 6) is 0. The Labute approximate surface area is 155 Å². The van der Waals surface area contributed by atoms with Crippen molar-refractivity contribution in [3.8, 4) is 0 Å². The van der Waals surface area contributed by atoms with Gasteiger partial charge in [-0.25, -0.2) is 0 Å². The third-order valence-corrected chi connectivity index (χ3v) is 6.46. The molecule has 0 saturated carbocycles. The second-order valence-electron chi connectivity index (χ2n) is 7.89. The van der Waals surface area contributed by atoms with E-state index in [0.29, 0.717) is 0 Å². The first-order valence-corrected chi connectivity index (χ1v) is 9.85. The second kappa shape index (κ2) is 7.14. The largest absolute Gasteiger partial charge is 0.390 e. The molecule has 1 aliphatic carbocycles. The number of rotatable bonds is 5. The van der Waals surface area contributed by atoms with Gasteiger partial charge in [0, 0.05) is 11.1 Å². The van der Waals surface area contributed by atoms with E-state index in [1.807, 2.05) is 0 Å². The quantitative estimate of drug-likeness (QED) is 0.622. The SMILES string of the molecule is Cc1n[nH]c(C)c1CCCN[C@@H]1c2ccccc2C2(CCNCC2)[C@H]1O. The monoisotopic (exact) mass is 354 g/mol. The molecule has 4 rings (SSSR count). The van der Waals surface area contributed by atoms with Crippen molar-refractivity contribution >= 4 is 0 Å². The highest BCUT2D eigenvalue weighted by Crippen LogP contribution is 2.49. The molecule has 140 valence electrons. The molecule has 2 aliphatic rings. The van der Waals surface area contributed by atoms with Gasteiger partial charge in [0.15, 0.2) is 0 Å². The number of hydrogen-bond acceptors (Lipinski definition) is 4. The molecule has 2 atom stereocenters. The second-order valence-corrected chi connectivity index (χ2v) is 7.89. The zero-order valence-corrected chi connectivity index (χ0v) is 15.8. The van der Waals surface area contributed by atoms with Crippen LogP contribution in [0.25, 0.3) is 0 Å². The first-order chi connectivity index (χ1) is 12.6.